The fourth-order valence-corrected chi connectivity index (χ4v) is 1.86. The van der Waals surface area contributed by atoms with Crippen molar-refractivity contribution < 1.29 is 10.2 Å². The Morgan fingerprint density at radius 1 is 1.05 bits per heavy atom. The number of phenolic OH excluding ortho intramolecular Hbond substituents is 2. The van der Waals surface area contributed by atoms with Crippen molar-refractivity contribution in [3.05, 3.63) is 53.6 Å². The van der Waals surface area contributed by atoms with Gasteiger partial charge in [0.15, 0.2) is 0 Å². The number of para-hydroxylation sites is 1. The second-order valence-electron chi connectivity index (χ2n) is 4.71. The van der Waals surface area contributed by atoms with Gasteiger partial charge in [-0.2, -0.15) is 0 Å². The Labute approximate surface area is 112 Å². The molecule has 2 aromatic carbocycles. The van der Waals surface area contributed by atoms with Crippen LogP contribution in [0.5, 0.6) is 11.5 Å². The van der Waals surface area contributed by atoms with Gasteiger partial charge in [-0.1, -0.05) is 26.0 Å². The molecular formula is C16H17NO2. The van der Waals surface area contributed by atoms with Crippen molar-refractivity contribution in [3.63, 3.8) is 0 Å². The highest BCUT2D eigenvalue weighted by Crippen LogP contribution is 2.30. The fourth-order valence-electron chi connectivity index (χ4n) is 1.86. The highest BCUT2D eigenvalue weighted by atomic mass is 16.3. The Morgan fingerprint density at radius 3 is 2.47 bits per heavy atom. The van der Waals surface area contributed by atoms with Gasteiger partial charge >= 0.3 is 0 Å². The monoisotopic (exact) mass is 255 g/mol. The van der Waals surface area contributed by atoms with Gasteiger partial charge in [0.05, 0.1) is 5.69 Å². The molecule has 0 spiro atoms. The van der Waals surface area contributed by atoms with E-state index in [0.29, 0.717) is 5.56 Å². The van der Waals surface area contributed by atoms with Gasteiger partial charge in [-0.3, -0.25) is 4.99 Å². The summed E-state index contributed by atoms with van der Waals surface area (Å²) in [6.07, 6.45) is 1.63. The van der Waals surface area contributed by atoms with Gasteiger partial charge in [-0.15, -0.1) is 0 Å². The number of phenols is 2. The van der Waals surface area contributed by atoms with Gasteiger partial charge in [-0.25, -0.2) is 0 Å². The lowest BCUT2D eigenvalue weighted by atomic mass is 10.0. The van der Waals surface area contributed by atoms with E-state index in [-0.39, 0.29) is 17.4 Å². The van der Waals surface area contributed by atoms with Crippen molar-refractivity contribution in [1.29, 1.82) is 0 Å². The predicted molar refractivity (Wildman–Crippen MR) is 77.6 cm³/mol. The van der Waals surface area contributed by atoms with E-state index >= 15 is 0 Å². The molecule has 0 aliphatic heterocycles. The number of hydrogen-bond donors (Lipinski definition) is 2. The average molecular weight is 255 g/mol. The van der Waals surface area contributed by atoms with E-state index in [2.05, 4.69) is 4.99 Å². The molecule has 0 heterocycles. The standard InChI is InChI=1S/C16H17NO2/c1-11(2)14-9-13(18)7-8-15(14)17-10-12-5-3-4-6-16(12)19/h3-11,18-19H,1-2H3. The molecule has 19 heavy (non-hydrogen) atoms. The number of aliphatic imine (C=N–C) groups is 1. The minimum atomic E-state index is 0.205. The molecule has 0 saturated heterocycles. The van der Waals surface area contributed by atoms with E-state index < -0.39 is 0 Å². The van der Waals surface area contributed by atoms with Gasteiger partial charge in [0.2, 0.25) is 0 Å². The number of nitrogens with zero attached hydrogens (tertiary/aromatic N) is 1. The molecule has 2 N–H and O–H groups in total. The molecule has 0 bridgehead atoms. The lowest BCUT2D eigenvalue weighted by Gasteiger charge is -2.09. The largest absolute Gasteiger partial charge is 0.508 e. The highest BCUT2D eigenvalue weighted by Gasteiger charge is 2.06. The SMILES string of the molecule is CC(C)c1cc(O)ccc1N=Cc1ccccc1O. The molecule has 3 heteroatoms. The molecule has 0 amide bonds. The Balaban J connectivity index is 2.36. The Kier molecular flexibility index (Phi) is 3.85. The molecule has 98 valence electrons. The number of benzene rings is 2. The van der Waals surface area contributed by atoms with Gasteiger partial charge in [0, 0.05) is 11.8 Å². The molecule has 3 nitrogen and oxygen atoms in total. The van der Waals surface area contributed by atoms with Crippen LogP contribution in [-0.4, -0.2) is 16.4 Å². The van der Waals surface area contributed by atoms with Crippen LogP contribution in [0.15, 0.2) is 47.5 Å². The van der Waals surface area contributed by atoms with Gasteiger partial charge in [0.1, 0.15) is 11.5 Å². The lowest BCUT2D eigenvalue weighted by molar-refractivity contribution is 0.473. The topological polar surface area (TPSA) is 52.8 Å². The summed E-state index contributed by atoms with van der Waals surface area (Å²) < 4.78 is 0. The van der Waals surface area contributed by atoms with E-state index in [1.807, 2.05) is 19.9 Å². The quantitative estimate of drug-likeness (QED) is 0.815. The van der Waals surface area contributed by atoms with Crippen LogP contribution in [0.3, 0.4) is 0 Å². The van der Waals surface area contributed by atoms with E-state index in [0.717, 1.165) is 11.3 Å². The Morgan fingerprint density at radius 2 is 1.79 bits per heavy atom. The van der Waals surface area contributed by atoms with Crippen LogP contribution in [0.25, 0.3) is 0 Å². The summed E-state index contributed by atoms with van der Waals surface area (Å²) in [6, 6.07) is 12.2. The van der Waals surface area contributed by atoms with Crippen molar-refractivity contribution >= 4 is 11.9 Å². The van der Waals surface area contributed by atoms with Crippen molar-refractivity contribution in [3.8, 4) is 11.5 Å². The van der Waals surface area contributed by atoms with E-state index in [1.165, 1.54) is 0 Å². The number of hydrogen-bond acceptors (Lipinski definition) is 3. The molecule has 2 rings (SSSR count). The molecular weight excluding hydrogens is 238 g/mol. The second-order valence-corrected chi connectivity index (χ2v) is 4.71. The summed E-state index contributed by atoms with van der Waals surface area (Å²) in [5, 5.41) is 19.2. The highest BCUT2D eigenvalue weighted by molar-refractivity contribution is 5.85. The second kappa shape index (κ2) is 5.57. The normalized spacial score (nSPS) is 11.3. The molecule has 0 fully saturated rings. The van der Waals surface area contributed by atoms with E-state index in [1.54, 1.807) is 42.6 Å². The van der Waals surface area contributed by atoms with Crippen LogP contribution in [0.4, 0.5) is 5.69 Å². The van der Waals surface area contributed by atoms with Crippen molar-refractivity contribution in [2.75, 3.05) is 0 Å². The summed E-state index contributed by atoms with van der Waals surface area (Å²) in [7, 11) is 0. The molecule has 0 aliphatic rings. The molecule has 2 aromatic rings. The molecule has 0 aromatic heterocycles. The van der Waals surface area contributed by atoms with Crippen LogP contribution < -0.4 is 0 Å². The maximum atomic E-state index is 9.68. The molecule has 0 unspecified atom stereocenters. The van der Waals surface area contributed by atoms with Crippen LogP contribution in [-0.2, 0) is 0 Å². The third-order valence-electron chi connectivity index (χ3n) is 2.91. The van der Waals surface area contributed by atoms with Crippen LogP contribution in [0.1, 0.15) is 30.9 Å². The van der Waals surface area contributed by atoms with Crippen molar-refractivity contribution in [2.45, 2.75) is 19.8 Å². The summed E-state index contributed by atoms with van der Waals surface area (Å²) in [5.41, 5.74) is 2.45. The van der Waals surface area contributed by atoms with Crippen LogP contribution in [0.2, 0.25) is 0 Å². The molecule has 0 radical (unpaired) electrons. The molecule has 0 aliphatic carbocycles. The maximum Gasteiger partial charge on any atom is 0.124 e. The fraction of sp³-hybridized carbons (Fsp3) is 0.188. The number of aromatic hydroxyl groups is 2. The Hall–Kier alpha value is -2.29. The average Bonchev–Trinajstić information content (AvgIpc) is 2.38. The minimum Gasteiger partial charge on any atom is -0.508 e. The third kappa shape index (κ3) is 3.13. The first kappa shape index (κ1) is 13.1. The first-order valence-electron chi connectivity index (χ1n) is 6.23. The Bertz CT molecular complexity index is 603. The van der Waals surface area contributed by atoms with E-state index in [9.17, 15) is 10.2 Å². The van der Waals surface area contributed by atoms with Crippen LogP contribution >= 0.6 is 0 Å². The van der Waals surface area contributed by atoms with E-state index in [4.69, 9.17) is 0 Å². The first-order valence-corrected chi connectivity index (χ1v) is 6.23. The van der Waals surface area contributed by atoms with Gasteiger partial charge in [-0.05, 0) is 41.8 Å². The zero-order chi connectivity index (χ0) is 13.8. The molecule has 0 saturated carbocycles. The zero-order valence-corrected chi connectivity index (χ0v) is 11.0. The summed E-state index contributed by atoms with van der Waals surface area (Å²) in [6.45, 7) is 4.10. The zero-order valence-electron chi connectivity index (χ0n) is 11.0. The van der Waals surface area contributed by atoms with Crippen LogP contribution in [0, 0.1) is 0 Å². The van der Waals surface area contributed by atoms with Gasteiger partial charge < -0.3 is 10.2 Å². The van der Waals surface area contributed by atoms with Gasteiger partial charge in [0.25, 0.3) is 0 Å². The van der Waals surface area contributed by atoms with Crippen molar-refractivity contribution in [2.24, 2.45) is 4.99 Å². The lowest BCUT2D eigenvalue weighted by Crippen LogP contribution is -1.89. The maximum absolute atomic E-state index is 9.68. The van der Waals surface area contributed by atoms with Crippen molar-refractivity contribution in [1.82, 2.24) is 0 Å². The minimum absolute atomic E-state index is 0.205. The summed E-state index contributed by atoms with van der Waals surface area (Å²) >= 11 is 0. The molecule has 0 atom stereocenters. The smallest absolute Gasteiger partial charge is 0.124 e. The summed E-state index contributed by atoms with van der Waals surface area (Å²) in [4.78, 5) is 4.40. The third-order valence-corrected chi connectivity index (χ3v) is 2.91. The first-order chi connectivity index (χ1) is 9.08. The number of rotatable bonds is 3. The predicted octanol–water partition coefficient (Wildman–Crippen LogP) is 3.97. The summed E-state index contributed by atoms with van der Waals surface area (Å²) in [5.74, 6) is 0.713.